The fourth-order valence-corrected chi connectivity index (χ4v) is 3.88. The lowest BCUT2D eigenvalue weighted by atomic mass is 10.2. The van der Waals surface area contributed by atoms with Crippen LogP contribution >= 0.6 is 11.8 Å². The molecule has 2 amide bonds. The van der Waals surface area contributed by atoms with Crippen LogP contribution in [0.4, 0.5) is 10.6 Å². The number of anilines is 1. The fourth-order valence-electron chi connectivity index (χ4n) is 3.20. The van der Waals surface area contributed by atoms with Crippen LogP contribution in [0.5, 0.6) is 5.75 Å². The minimum Gasteiger partial charge on any atom is -0.425 e. The Labute approximate surface area is 165 Å². The second-order valence-electron chi connectivity index (χ2n) is 6.38. The molecule has 28 heavy (non-hydrogen) atoms. The molecule has 0 bridgehead atoms. The Bertz CT molecular complexity index is 944. The molecule has 4 rings (SSSR count). The number of aromatic nitrogens is 1. The summed E-state index contributed by atoms with van der Waals surface area (Å²) in [5.74, 6) is 0.484. The third-order valence-electron chi connectivity index (χ3n) is 4.51. The van der Waals surface area contributed by atoms with Crippen molar-refractivity contribution in [2.24, 2.45) is 0 Å². The van der Waals surface area contributed by atoms with Gasteiger partial charge in [-0.3, -0.25) is 14.9 Å². The molecule has 1 aromatic carbocycles. The third kappa shape index (κ3) is 3.91. The van der Waals surface area contributed by atoms with E-state index >= 15 is 0 Å². The molecular formula is C20H17N3O4S. The van der Waals surface area contributed by atoms with Crippen molar-refractivity contribution >= 4 is 40.8 Å². The fraction of sp³-hybridized carbons (Fsp3) is 0.200. The zero-order chi connectivity index (χ0) is 19.5. The Balaban J connectivity index is 1.43. The van der Waals surface area contributed by atoms with E-state index < -0.39 is 5.91 Å². The first-order valence-electron chi connectivity index (χ1n) is 8.84. The minimum atomic E-state index is -0.402. The van der Waals surface area contributed by atoms with E-state index in [1.54, 1.807) is 36.5 Å². The summed E-state index contributed by atoms with van der Waals surface area (Å²) in [6.45, 7) is 0.766. The van der Waals surface area contributed by atoms with Crippen LogP contribution < -0.4 is 15.0 Å². The minimum absolute atomic E-state index is 0.314. The topological polar surface area (TPSA) is 88.6 Å². The van der Waals surface area contributed by atoms with Gasteiger partial charge in [-0.15, -0.1) is 0 Å². The van der Waals surface area contributed by atoms with Gasteiger partial charge in [-0.2, -0.15) is 0 Å². The van der Waals surface area contributed by atoms with Crippen molar-refractivity contribution in [2.75, 3.05) is 11.4 Å². The molecule has 0 unspecified atom stereocenters. The van der Waals surface area contributed by atoms with Crippen molar-refractivity contribution in [3.63, 3.8) is 0 Å². The van der Waals surface area contributed by atoms with Gasteiger partial charge < -0.3 is 9.64 Å². The number of imide groups is 1. The van der Waals surface area contributed by atoms with Crippen molar-refractivity contribution in [3.05, 3.63) is 59.1 Å². The van der Waals surface area contributed by atoms with E-state index in [2.05, 4.69) is 10.3 Å². The average molecular weight is 395 g/mol. The van der Waals surface area contributed by atoms with Gasteiger partial charge >= 0.3 is 5.97 Å². The lowest BCUT2D eigenvalue weighted by Gasteiger charge is -2.23. The highest BCUT2D eigenvalue weighted by atomic mass is 32.2. The summed E-state index contributed by atoms with van der Waals surface area (Å²) >= 11 is 0.863. The normalized spacial score (nSPS) is 20.5. The average Bonchev–Trinajstić information content (AvgIpc) is 3.31. The van der Waals surface area contributed by atoms with Crippen LogP contribution in [0.2, 0.25) is 0 Å². The van der Waals surface area contributed by atoms with E-state index in [0.29, 0.717) is 10.7 Å². The van der Waals surface area contributed by atoms with Crippen molar-refractivity contribution in [3.8, 4) is 5.75 Å². The highest BCUT2D eigenvalue weighted by molar-refractivity contribution is 8.18. The van der Waals surface area contributed by atoms with Gasteiger partial charge in [0, 0.05) is 12.7 Å². The number of thioether (sulfide) groups is 1. The summed E-state index contributed by atoms with van der Waals surface area (Å²) in [7, 11) is 0. The summed E-state index contributed by atoms with van der Waals surface area (Å²) in [5.41, 5.74) is 0.739. The van der Waals surface area contributed by atoms with E-state index in [0.717, 1.165) is 42.5 Å². The van der Waals surface area contributed by atoms with E-state index in [1.807, 2.05) is 23.1 Å². The predicted octanol–water partition coefficient (Wildman–Crippen LogP) is 2.98. The zero-order valence-corrected chi connectivity index (χ0v) is 15.6. The predicted molar refractivity (Wildman–Crippen MR) is 106 cm³/mol. The highest BCUT2D eigenvalue weighted by Gasteiger charge is 2.33. The summed E-state index contributed by atoms with van der Waals surface area (Å²) < 4.78 is 5.55. The zero-order valence-electron chi connectivity index (χ0n) is 14.8. The second kappa shape index (κ2) is 7.85. The van der Waals surface area contributed by atoms with Gasteiger partial charge in [0.1, 0.15) is 17.6 Å². The van der Waals surface area contributed by atoms with Gasteiger partial charge in [-0.25, -0.2) is 9.78 Å². The van der Waals surface area contributed by atoms with Crippen LogP contribution in [-0.2, 0) is 9.59 Å². The smallest absolute Gasteiger partial charge is 0.334 e. The van der Waals surface area contributed by atoms with Gasteiger partial charge in [-0.1, -0.05) is 18.2 Å². The second-order valence-corrected chi connectivity index (χ2v) is 7.40. The molecule has 8 heteroatoms. The molecule has 7 nitrogen and oxygen atoms in total. The van der Waals surface area contributed by atoms with Gasteiger partial charge in [0.25, 0.3) is 11.1 Å². The molecule has 2 aliphatic heterocycles. The first kappa shape index (κ1) is 18.2. The number of hydrogen-bond acceptors (Lipinski definition) is 7. The maximum absolute atomic E-state index is 12.6. The first-order chi connectivity index (χ1) is 13.6. The van der Waals surface area contributed by atoms with Gasteiger partial charge in [0.2, 0.25) is 0 Å². The number of nitrogens with zero attached hydrogens (tertiary/aromatic N) is 2. The van der Waals surface area contributed by atoms with Crippen LogP contribution in [0.25, 0.3) is 6.08 Å². The highest BCUT2D eigenvalue weighted by Crippen LogP contribution is 2.27. The van der Waals surface area contributed by atoms with E-state index in [1.165, 1.54) is 0 Å². The molecule has 0 saturated carbocycles. The van der Waals surface area contributed by atoms with Crippen LogP contribution in [-0.4, -0.2) is 34.7 Å². The molecule has 2 aromatic rings. The lowest BCUT2D eigenvalue weighted by Crippen LogP contribution is -2.39. The molecule has 2 aliphatic rings. The number of nitrogens with one attached hydrogen (secondary N) is 1. The van der Waals surface area contributed by atoms with Crippen molar-refractivity contribution in [2.45, 2.75) is 18.9 Å². The molecule has 1 N–H and O–H groups in total. The van der Waals surface area contributed by atoms with Crippen LogP contribution in [0.15, 0.2) is 53.6 Å². The Morgan fingerprint density at radius 2 is 2.04 bits per heavy atom. The Morgan fingerprint density at radius 3 is 2.71 bits per heavy atom. The number of carbonyl (C=O) groups is 3. The monoisotopic (exact) mass is 395 g/mol. The molecule has 142 valence electrons. The first-order valence-corrected chi connectivity index (χ1v) is 9.66. The van der Waals surface area contributed by atoms with Crippen LogP contribution in [0.1, 0.15) is 18.4 Å². The molecule has 3 heterocycles. The quantitative estimate of drug-likeness (QED) is 0.484. The number of ether oxygens (including phenoxy) is 1. The molecule has 2 saturated heterocycles. The number of esters is 1. The SMILES string of the molecule is O=C1NC(=O)/C(=C/c2ccc(OC(=O)[C@@H]3CCCN3c3ccccn3)cc2)S1. The standard InChI is InChI=1S/C20H17N3O4S/c24-18-16(28-20(26)22-18)12-13-6-8-14(9-7-13)27-19(25)15-4-3-11-23(15)17-5-1-2-10-21-17/h1-2,5-10,12,15H,3-4,11H2,(H,22,24,26)/b16-12-/t15-/m0/s1. The third-order valence-corrected chi connectivity index (χ3v) is 5.32. The summed E-state index contributed by atoms with van der Waals surface area (Å²) in [4.78, 5) is 42.1. The Kier molecular flexibility index (Phi) is 5.12. The Hall–Kier alpha value is -3.13. The number of hydrogen-bond donors (Lipinski definition) is 1. The molecule has 2 fully saturated rings. The van der Waals surface area contributed by atoms with E-state index in [-0.39, 0.29) is 17.3 Å². The summed E-state index contributed by atoms with van der Waals surface area (Å²) in [6, 6.07) is 12.1. The van der Waals surface area contributed by atoms with Crippen molar-refractivity contribution in [1.82, 2.24) is 10.3 Å². The molecular weight excluding hydrogens is 378 g/mol. The van der Waals surface area contributed by atoms with Gasteiger partial charge in [0.15, 0.2) is 0 Å². The van der Waals surface area contributed by atoms with Crippen LogP contribution in [0.3, 0.4) is 0 Å². The maximum atomic E-state index is 12.6. The van der Waals surface area contributed by atoms with E-state index in [4.69, 9.17) is 4.74 Å². The number of pyridine rings is 1. The number of carbonyl (C=O) groups excluding carboxylic acids is 3. The Morgan fingerprint density at radius 1 is 1.21 bits per heavy atom. The van der Waals surface area contributed by atoms with Gasteiger partial charge in [-0.05, 0) is 60.5 Å². The molecule has 0 aliphatic carbocycles. The maximum Gasteiger partial charge on any atom is 0.334 e. The molecule has 1 aromatic heterocycles. The largest absolute Gasteiger partial charge is 0.425 e. The van der Waals surface area contributed by atoms with Crippen molar-refractivity contribution in [1.29, 1.82) is 0 Å². The van der Waals surface area contributed by atoms with Crippen molar-refractivity contribution < 1.29 is 19.1 Å². The number of rotatable bonds is 4. The lowest BCUT2D eigenvalue weighted by molar-refractivity contribution is -0.135. The summed E-state index contributed by atoms with van der Waals surface area (Å²) in [5, 5.41) is 1.83. The number of benzene rings is 1. The molecule has 0 spiro atoms. The molecule has 1 atom stereocenters. The molecule has 0 radical (unpaired) electrons. The number of amides is 2. The van der Waals surface area contributed by atoms with Crippen LogP contribution in [0, 0.1) is 0 Å². The van der Waals surface area contributed by atoms with Gasteiger partial charge in [0.05, 0.1) is 4.91 Å². The van der Waals surface area contributed by atoms with E-state index in [9.17, 15) is 14.4 Å². The summed E-state index contributed by atoms with van der Waals surface area (Å²) in [6.07, 6.45) is 4.96.